The molecular formula is C14H20O2. The van der Waals surface area contributed by atoms with Gasteiger partial charge in [-0.1, -0.05) is 38.1 Å². The third-order valence-electron chi connectivity index (χ3n) is 2.82. The van der Waals surface area contributed by atoms with Gasteiger partial charge in [-0.25, -0.2) is 0 Å². The molecule has 2 heteroatoms. The predicted molar refractivity (Wildman–Crippen MR) is 65.6 cm³/mol. The van der Waals surface area contributed by atoms with Crippen molar-refractivity contribution in [1.82, 2.24) is 0 Å². The van der Waals surface area contributed by atoms with Crippen molar-refractivity contribution in [1.29, 1.82) is 0 Å². The van der Waals surface area contributed by atoms with Crippen LogP contribution in [0.1, 0.15) is 31.4 Å². The summed E-state index contributed by atoms with van der Waals surface area (Å²) in [5, 5.41) is 0. The van der Waals surface area contributed by atoms with Gasteiger partial charge in [0.1, 0.15) is 6.10 Å². The van der Waals surface area contributed by atoms with Crippen LogP contribution in [0.5, 0.6) is 0 Å². The van der Waals surface area contributed by atoms with Gasteiger partial charge in [-0.2, -0.15) is 0 Å². The standard InChI is InChI=1S/C14H20O2/c1-4-11-6-8-12(9-7-11)10-13(15)14(5-2)16-3/h6-9,14H,4-5,10H2,1-3H3. The Hall–Kier alpha value is -1.15. The topological polar surface area (TPSA) is 26.3 Å². The molecule has 1 unspecified atom stereocenters. The molecule has 0 spiro atoms. The Kier molecular flexibility index (Phi) is 5.20. The maximum absolute atomic E-state index is 11.8. The van der Waals surface area contributed by atoms with Crippen LogP contribution < -0.4 is 0 Å². The van der Waals surface area contributed by atoms with Gasteiger partial charge in [-0.3, -0.25) is 4.79 Å². The predicted octanol–water partition coefficient (Wildman–Crippen LogP) is 2.79. The quantitative estimate of drug-likeness (QED) is 0.737. The van der Waals surface area contributed by atoms with Crippen LogP contribution in [-0.2, 0) is 22.4 Å². The minimum atomic E-state index is -0.258. The summed E-state index contributed by atoms with van der Waals surface area (Å²) in [6.45, 7) is 4.09. The number of ketones is 1. The summed E-state index contributed by atoms with van der Waals surface area (Å²) in [6.07, 6.45) is 1.98. The average molecular weight is 220 g/mol. The van der Waals surface area contributed by atoms with E-state index < -0.39 is 0 Å². The lowest BCUT2D eigenvalue weighted by atomic mass is 10.0. The van der Waals surface area contributed by atoms with Gasteiger partial charge in [-0.15, -0.1) is 0 Å². The largest absolute Gasteiger partial charge is 0.374 e. The number of hydrogen-bond donors (Lipinski definition) is 0. The molecule has 0 saturated carbocycles. The van der Waals surface area contributed by atoms with Crippen LogP contribution in [-0.4, -0.2) is 19.0 Å². The van der Waals surface area contributed by atoms with E-state index in [1.54, 1.807) is 7.11 Å². The molecular weight excluding hydrogens is 200 g/mol. The smallest absolute Gasteiger partial charge is 0.165 e. The van der Waals surface area contributed by atoms with E-state index in [0.29, 0.717) is 6.42 Å². The van der Waals surface area contributed by atoms with E-state index in [4.69, 9.17) is 4.74 Å². The van der Waals surface area contributed by atoms with Crippen LogP contribution >= 0.6 is 0 Å². The van der Waals surface area contributed by atoms with Crippen LogP contribution in [0, 0.1) is 0 Å². The number of hydrogen-bond acceptors (Lipinski definition) is 2. The molecule has 0 amide bonds. The fourth-order valence-electron chi connectivity index (χ4n) is 1.73. The van der Waals surface area contributed by atoms with Gasteiger partial charge in [0.05, 0.1) is 0 Å². The van der Waals surface area contributed by atoms with Crippen molar-refractivity contribution in [2.75, 3.05) is 7.11 Å². The minimum absolute atomic E-state index is 0.161. The monoisotopic (exact) mass is 220 g/mol. The molecule has 0 saturated heterocycles. The average Bonchev–Trinajstić information content (AvgIpc) is 2.31. The number of benzene rings is 1. The highest BCUT2D eigenvalue weighted by molar-refractivity contribution is 5.85. The molecule has 1 atom stereocenters. The Morgan fingerprint density at radius 3 is 2.19 bits per heavy atom. The first kappa shape index (κ1) is 12.9. The second-order valence-electron chi connectivity index (χ2n) is 3.95. The van der Waals surface area contributed by atoms with E-state index in [1.165, 1.54) is 5.56 Å². The first-order chi connectivity index (χ1) is 7.71. The Morgan fingerprint density at radius 1 is 1.19 bits per heavy atom. The Balaban J connectivity index is 2.62. The summed E-state index contributed by atoms with van der Waals surface area (Å²) in [6, 6.07) is 8.21. The Morgan fingerprint density at radius 2 is 1.75 bits per heavy atom. The maximum atomic E-state index is 11.8. The summed E-state index contributed by atoms with van der Waals surface area (Å²) in [5.41, 5.74) is 2.37. The number of carbonyl (C=O) groups excluding carboxylic acids is 1. The summed E-state index contributed by atoms with van der Waals surface area (Å²) in [7, 11) is 1.59. The zero-order valence-electron chi connectivity index (χ0n) is 10.3. The van der Waals surface area contributed by atoms with Crippen molar-refractivity contribution in [2.24, 2.45) is 0 Å². The molecule has 2 nitrogen and oxygen atoms in total. The van der Waals surface area contributed by atoms with Crippen molar-refractivity contribution in [3.8, 4) is 0 Å². The summed E-state index contributed by atoms with van der Waals surface area (Å²) >= 11 is 0. The summed E-state index contributed by atoms with van der Waals surface area (Å²) in [4.78, 5) is 11.8. The molecule has 1 rings (SSSR count). The molecule has 1 aromatic rings. The first-order valence-corrected chi connectivity index (χ1v) is 5.84. The van der Waals surface area contributed by atoms with E-state index in [1.807, 2.05) is 19.1 Å². The van der Waals surface area contributed by atoms with Gasteiger partial charge in [0.25, 0.3) is 0 Å². The molecule has 0 bridgehead atoms. The van der Waals surface area contributed by atoms with Gasteiger partial charge < -0.3 is 4.74 Å². The van der Waals surface area contributed by atoms with Crippen molar-refractivity contribution in [3.63, 3.8) is 0 Å². The second kappa shape index (κ2) is 6.44. The molecule has 0 fully saturated rings. The van der Waals surface area contributed by atoms with E-state index in [2.05, 4.69) is 19.1 Å². The molecule has 0 aliphatic carbocycles. The fraction of sp³-hybridized carbons (Fsp3) is 0.500. The van der Waals surface area contributed by atoms with E-state index in [9.17, 15) is 4.79 Å². The van der Waals surface area contributed by atoms with Crippen LogP contribution in [0.2, 0.25) is 0 Å². The highest BCUT2D eigenvalue weighted by Crippen LogP contribution is 2.09. The molecule has 1 aromatic carbocycles. The van der Waals surface area contributed by atoms with E-state index in [0.717, 1.165) is 18.4 Å². The summed E-state index contributed by atoms with van der Waals surface area (Å²) < 4.78 is 5.13. The highest BCUT2D eigenvalue weighted by atomic mass is 16.5. The van der Waals surface area contributed by atoms with Crippen molar-refractivity contribution in [3.05, 3.63) is 35.4 Å². The van der Waals surface area contributed by atoms with Crippen LogP contribution in [0.15, 0.2) is 24.3 Å². The number of Topliss-reactive ketones (excluding diaryl/α,β-unsaturated/α-hetero) is 1. The number of ether oxygens (including phenoxy) is 1. The molecule has 0 N–H and O–H groups in total. The lowest BCUT2D eigenvalue weighted by Gasteiger charge is -2.11. The van der Waals surface area contributed by atoms with Gasteiger partial charge in [-0.05, 0) is 24.0 Å². The molecule has 0 radical (unpaired) electrons. The number of rotatable bonds is 6. The van der Waals surface area contributed by atoms with Gasteiger partial charge in [0.2, 0.25) is 0 Å². The zero-order valence-corrected chi connectivity index (χ0v) is 10.3. The van der Waals surface area contributed by atoms with Crippen molar-refractivity contribution < 1.29 is 9.53 Å². The van der Waals surface area contributed by atoms with Gasteiger partial charge in [0.15, 0.2) is 5.78 Å². The number of aryl methyl sites for hydroxylation is 1. The second-order valence-corrected chi connectivity index (χ2v) is 3.95. The van der Waals surface area contributed by atoms with E-state index in [-0.39, 0.29) is 11.9 Å². The lowest BCUT2D eigenvalue weighted by molar-refractivity contribution is -0.128. The highest BCUT2D eigenvalue weighted by Gasteiger charge is 2.15. The molecule has 88 valence electrons. The Labute approximate surface area is 97.6 Å². The Bertz CT molecular complexity index is 323. The molecule has 0 heterocycles. The van der Waals surface area contributed by atoms with Gasteiger partial charge >= 0.3 is 0 Å². The third-order valence-corrected chi connectivity index (χ3v) is 2.82. The molecule has 0 aromatic heterocycles. The summed E-state index contributed by atoms with van der Waals surface area (Å²) in [5.74, 6) is 0.161. The number of carbonyl (C=O) groups is 1. The van der Waals surface area contributed by atoms with Gasteiger partial charge in [0, 0.05) is 13.5 Å². The van der Waals surface area contributed by atoms with Crippen molar-refractivity contribution in [2.45, 2.75) is 39.2 Å². The number of methoxy groups -OCH3 is 1. The van der Waals surface area contributed by atoms with E-state index >= 15 is 0 Å². The van der Waals surface area contributed by atoms with Crippen molar-refractivity contribution >= 4 is 5.78 Å². The first-order valence-electron chi connectivity index (χ1n) is 5.84. The normalized spacial score (nSPS) is 12.4. The van der Waals surface area contributed by atoms with Crippen LogP contribution in [0.3, 0.4) is 0 Å². The SMILES string of the molecule is CCc1ccc(CC(=O)C(CC)OC)cc1. The molecule has 0 aliphatic heterocycles. The maximum Gasteiger partial charge on any atom is 0.165 e. The fourth-order valence-corrected chi connectivity index (χ4v) is 1.73. The molecule has 0 aliphatic rings. The zero-order chi connectivity index (χ0) is 12.0. The lowest BCUT2D eigenvalue weighted by Crippen LogP contribution is -2.23. The minimum Gasteiger partial charge on any atom is -0.374 e. The third kappa shape index (κ3) is 3.46. The van der Waals surface area contributed by atoms with Crippen LogP contribution in [0.4, 0.5) is 0 Å². The van der Waals surface area contributed by atoms with Crippen LogP contribution in [0.25, 0.3) is 0 Å². The molecule has 16 heavy (non-hydrogen) atoms.